The number of halogens is 3. The number of sulfone groups is 1. The average Bonchev–Trinajstić information content (AvgIpc) is 3.15. The molecule has 1 aromatic heterocycles. The van der Waals surface area contributed by atoms with Gasteiger partial charge in [-0.1, -0.05) is 17.3 Å². The first-order chi connectivity index (χ1) is 14.8. The van der Waals surface area contributed by atoms with Gasteiger partial charge in [0, 0.05) is 30.4 Å². The Bertz CT molecular complexity index is 1160. The average molecular weight is 451 g/mol. The van der Waals surface area contributed by atoms with E-state index in [1.807, 2.05) is 6.07 Å². The van der Waals surface area contributed by atoms with Crippen LogP contribution in [0, 0.1) is 17.5 Å². The van der Waals surface area contributed by atoms with Gasteiger partial charge in [-0.15, -0.1) is 0 Å². The maximum absolute atomic E-state index is 14.6. The molecule has 0 unspecified atom stereocenters. The Balaban J connectivity index is 1.53. The SMILES string of the molecule is O=S(=O)(Cc1ccon1)c1c(F)cc(NCc2c(F)cccc2CN2CCC2)cc1F. The second kappa shape index (κ2) is 8.72. The topological polar surface area (TPSA) is 75.4 Å². The molecule has 4 rings (SSSR count). The lowest BCUT2D eigenvalue weighted by molar-refractivity contribution is 0.172. The van der Waals surface area contributed by atoms with Gasteiger partial charge in [-0.3, -0.25) is 4.90 Å². The quantitative estimate of drug-likeness (QED) is 0.560. The van der Waals surface area contributed by atoms with E-state index in [0.29, 0.717) is 12.1 Å². The number of rotatable bonds is 8. The standard InChI is InChI=1S/C21H20F3N3O3S/c22-18-4-1-3-14(12-27-6-2-7-27)17(18)11-25-16-9-19(23)21(20(24)10-16)31(28,29)13-15-5-8-30-26-15/h1,3-5,8-10,25H,2,6-7,11-13H2. The van der Waals surface area contributed by atoms with Crippen LogP contribution in [-0.2, 0) is 28.7 Å². The molecule has 1 aliphatic heterocycles. The third kappa shape index (κ3) is 4.75. The second-order valence-corrected chi connectivity index (χ2v) is 9.31. The van der Waals surface area contributed by atoms with Gasteiger partial charge >= 0.3 is 0 Å². The molecule has 0 spiro atoms. The first-order valence-electron chi connectivity index (χ1n) is 9.67. The molecule has 3 aromatic rings. The molecule has 2 heterocycles. The van der Waals surface area contributed by atoms with E-state index in [2.05, 4.69) is 19.9 Å². The highest BCUT2D eigenvalue weighted by molar-refractivity contribution is 7.90. The van der Waals surface area contributed by atoms with Crippen molar-refractivity contribution in [2.45, 2.75) is 30.2 Å². The number of benzene rings is 2. The van der Waals surface area contributed by atoms with E-state index in [4.69, 9.17) is 0 Å². The summed E-state index contributed by atoms with van der Waals surface area (Å²) in [5.41, 5.74) is 1.24. The van der Waals surface area contributed by atoms with E-state index in [1.54, 1.807) is 6.07 Å². The van der Waals surface area contributed by atoms with E-state index in [-0.39, 0.29) is 17.9 Å². The highest BCUT2D eigenvalue weighted by Crippen LogP contribution is 2.27. The van der Waals surface area contributed by atoms with Crippen molar-refractivity contribution in [3.05, 3.63) is 76.9 Å². The van der Waals surface area contributed by atoms with Gasteiger partial charge in [-0.2, -0.15) is 0 Å². The van der Waals surface area contributed by atoms with Crippen molar-refractivity contribution in [1.29, 1.82) is 0 Å². The van der Waals surface area contributed by atoms with Gasteiger partial charge in [0.2, 0.25) is 0 Å². The Morgan fingerprint density at radius 2 is 1.81 bits per heavy atom. The number of likely N-dealkylation sites (tertiary alicyclic amines) is 1. The van der Waals surface area contributed by atoms with E-state index in [9.17, 15) is 21.6 Å². The van der Waals surface area contributed by atoms with Gasteiger partial charge in [0.25, 0.3) is 0 Å². The summed E-state index contributed by atoms with van der Waals surface area (Å²) in [6, 6.07) is 7.84. The van der Waals surface area contributed by atoms with Crippen molar-refractivity contribution in [3.63, 3.8) is 0 Å². The first kappa shape index (κ1) is 21.4. The summed E-state index contributed by atoms with van der Waals surface area (Å²) >= 11 is 0. The summed E-state index contributed by atoms with van der Waals surface area (Å²) in [6.07, 6.45) is 2.27. The molecular formula is C21H20F3N3O3S. The minimum absolute atomic E-state index is 0.000235. The third-order valence-electron chi connectivity index (χ3n) is 5.17. The molecule has 164 valence electrons. The summed E-state index contributed by atoms with van der Waals surface area (Å²) in [7, 11) is -4.32. The predicted molar refractivity (Wildman–Crippen MR) is 107 cm³/mol. The Morgan fingerprint density at radius 3 is 2.42 bits per heavy atom. The van der Waals surface area contributed by atoms with Crippen LogP contribution in [0.2, 0.25) is 0 Å². The van der Waals surface area contributed by atoms with E-state index in [1.165, 1.54) is 18.4 Å². The highest BCUT2D eigenvalue weighted by Gasteiger charge is 2.26. The fourth-order valence-electron chi connectivity index (χ4n) is 3.46. The zero-order chi connectivity index (χ0) is 22.0. The van der Waals surface area contributed by atoms with Crippen LogP contribution in [0.25, 0.3) is 0 Å². The second-order valence-electron chi connectivity index (χ2n) is 7.38. The van der Waals surface area contributed by atoms with Crippen LogP contribution in [0.1, 0.15) is 23.2 Å². The number of aromatic nitrogens is 1. The fraction of sp³-hybridized carbons (Fsp3) is 0.286. The van der Waals surface area contributed by atoms with Crippen LogP contribution < -0.4 is 5.32 Å². The lowest BCUT2D eigenvalue weighted by Crippen LogP contribution is -2.36. The Kier molecular flexibility index (Phi) is 6.01. The molecule has 1 aliphatic rings. The Morgan fingerprint density at radius 1 is 1.06 bits per heavy atom. The normalized spacial score (nSPS) is 14.4. The lowest BCUT2D eigenvalue weighted by atomic mass is 10.0. The maximum Gasteiger partial charge on any atom is 0.190 e. The van der Waals surface area contributed by atoms with E-state index in [0.717, 1.165) is 37.2 Å². The molecule has 1 N–H and O–H groups in total. The minimum Gasteiger partial charge on any atom is -0.381 e. The van der Waals surface area contributed by atoms with Crippen LogP contribution in [0.3, 0.4) is 0 Å². The molecule has 1 saturated heterocycles. The van der Waals surface area contributed by atoms with Crippen LogP contribution in [-0.4, -0.2) is 31.6 Å². The van der Waals surface area contributed by atoms with Gasteiger partial charge in [-0.05, 0) is 43.3 Å². The third-order valence-corrected chi connectivity index (χ3v) is 6.85. The molecule has 0 saturated carbocycles. The van der Waals surface area contributed by atoms with Gasteiger partial charge in [0.05, 0.1) is 5.69 Å². The highest BCUT2D eigenvalue weighted by atomic mass is 32.2. The number of anilines is 1. The van der Waals surface area contributed by atoms with Crippen molar-refractivity contribution < 1.29 is 26.1 Å². The van der Waals surface area contributed by atoms with Crippen molar-refractivity contribution in [3.8, 4) is 0 Å². The molecule has 0 bridgehead atoms. The lowest BCUT2D eigenvalue weighted by Gasteiger charge is -2.31. The maximum atomic E-state index is 14.6. The monoisotopic (exact) mass is 451 g/mol. The van der Waals surface area contributed by atoms with Crippen LogP contribution >= 0.6 is 0 Å². The van der Waals surface area contributed by atoms with Gasteiger partial charge in [-0.25, -0.2) is 21.6 Å². The largest absolute Gasteiger partial charge is 0.381 e. The van der Waals surface area contributed by atoms with E-state index < -0.39 is 37.9 Å². The molecule has 2 aromatic carbocycles. The molecule has 1 fully saturated rings. The fourth-order valence-corrected chi connectivity index (χ4v) is 4.85. The zero-order valence-electron chi connectivity index (χ0n) is 16.4. The van der Waals surface area contributed by atoms with Gasteiger partial charge < -0.3 is 9.84 Å². The van der Waals surface area contributed by atoms with Crippen molar-refractivity contribution >= 4 is 15.5 Å². The van der Waals surface area contributed by atoms with Crippen molar-refractivity contribution in [2.75, 3.05) is 18.4 Å². The first-order valence-corrected chi connectivity index (χ1v) is 11.3. The molecule has 10 heteroatoms. The van der Waals surface area contributed by atoms with Crippen LogP contribution in [0.15, 0.2) is 52.1 Å². The smallest absolute Gasteiger partial charge is 0.190 e. The molecule has 0 aliphatic carbocycles. The summed E-state index contributed by atoms with van der Waals surface area (Å²) in [5, 5.41) is 6.26. The van der Waals surface area contributed by atoms with Gasteiger partial charge in [0.15, 0.2) is 9.84 Å². The van der Waals surface area contributed by atoms with Crippen LogP contribution in [0.5, 0.6) is 0 Å². The summed E-state index contributed by atoms with van der Waals surface area (Å²) < 4.78 is 72.9. The molecule has 0 atom stereocenters. The number of hydrogen-bond acceptors (Lipinski definition) is 6. The molecular weight excluding hydrogens is 431 g/mol. The summed E-state index contributed by atoms with van der Waals surface area (Å²) in [5.74, 6) is -3.59. The molecule has 0 radical (unpaired) electrons. The zero-order valence-corrected chi connectivity index (χ0v) is 17.3. The Hall–Kier alpha value is -2.85. The van der Waals surface area contributed by atoms with Gasteiger partial charge in [0.1, 0.15) is 34.4 Å². The Labute approximate surface area is 177 Å². The van der Waals surface area contributed by atoms with E-state index >= 15 is 0 Å². The minimum atomic E-state index is -4.32. The summed E-state index contributed by atoms with van der Waals surface area (Å²) in [6.45, 7) is 2.49. The van der Waals surface area contributed by atoms with Crippen molar-refractivity contribution in [1.82, 2.24) is 10.1 Å². The van der Waals surface area contributed by atoms with Crippen LogP contribution in [0.4, 0.5) is 18.9 Å². The van der Waals surface area contributed by atoms with Crippen molar-refractivity contribution in [2.24, 2.45) is 0 Å². The number of hydrogen-bond donors (Lipinski definition) is 1. The summed E-state index contributed by atoms with van der Waals surface area (Å²) in [4.78, 5) is 1.14. The molecule has 0 amide bonds. The predicted octanol–water partition coefficient (Wildman–Crippen LogP) is 3.88. The molecule has 6 nitrogen and oxygen atoms in total. The molecule has 31 heavy (non-hydrogen) atoms. The number of nitrogens with zero attached hydrogens (tertiary/aromatic N) is 2. The number of nitrogens with one attached hydrogen (secondary N) is 1.